The Morgan fingerprint density at radius 2 is 0.650 bits per heavy atom. The molecule has 31 nitrogen and oxygen atoms in total. The van der Waals surface area contributed by atoms with E-state index in [-0.39, 0.29) is 64.1 Å². The molecule has 0 aliphatic carbocycles. The summed E-state index contributed by atoms with van der Waals surface area (Å²) in [5, 5.41) is 14.3. The third-order valence-electron chi connectivity index (χ3n) is 8.48. The zero-order valence-corrected chi connectivity index (χ0v) is 45.1. The highest BCUT2D eigenvalue weighted by atomic mass is 16.6. The predicted octanol–water partition coefficient (Wildman–Crippen LogP) is 0.183. The van der Waals surface area contributed by atoms with Gasteiger partial charge in [-0.25, -0.2) is 14.4 Å². The third-order valence-corrected chi connectivity index (χ3v) is 8.48. The van der Waals surface area contributed by atoms with Gasteiger partial charge >= 0.3 is 53.9 Å². The molecule has 0 radical (unpaired) electrons. The number of benzene rings is 3. The van der Waals surface area contributed by atoms with Crippen LogP contribution in [-0.2, 0) is 71.6 Å². The van der Waals surface area contributed by atoms with Gasteiger partial charge in [-0.15, -0.1) is 0 Å². The number of primary amides is 3. The summed E-state index contributed by atoms with van der Waals surface area (Å²) in [6, 6.07) is 16.7. The third kappa shape index (κ3) is 31.4. The van der Waals surface area contributed by atoms with Crippen LogP contribution in [0.15, 0.2) is 72.8 Å². The second-order valence-corrected chi connectivity index (χ2v) is 14.7. The molecule has 0 aliphatic rings. The van der Waals surface area contributed by atoms with Crippen molar-refractivity contribution in [2.75, 3.05) is 98.1 Å². The van der Waals surface area contributed by atoms with Crippen LogP contribution in [0.3, 0.4) is 0 Å². The van der Waals surface area contributed by atoms with E-state index < -0.39 is 89.4 Å². The molecule has 3 aromatic rings. The average molecular weight is 1130 g/mol. The largest absolute Gasteiger partial charge is 0.465 e. The quantitative estimate of drug-likeness (QED) is 0.0261. The van der Waals surface area contributed by atoms with Crippen molar-refractivity contribution >= 4 is 106 Å². The number of hydrogen-bond donors (Lipinski definition) is 13. The lowest BCUT2D eigenvalue weighted by Gasteiger charge is -2.15. The van der Waals surface area contributed by atoms with Crippen molar-refractivity contribution < 1.29 is 86.0 Å². The van der Waals surface area contributed by atoms with Gasteiger partial charge in [0.2, 0.25) is 29.6 Å². The molecule has 0 spiro atoms. The normalized spacial score (nSPS) is 10.0. The predicted molar refractivity (Wildman–Crippen MR) is 291 cm³/mol. The van der Waals surface area contributed by atoms with Gasteiger partial charge in [0.15, 0.2) is 0 Å². The number of esters is 6. The highest BCUT2D eigenvalue weighted by Crippen LogP contribution is 2.19. The molecule has 31 heteroatoms. The standard InChI is InChI=1S/C15H21N5O5.C15H19N3O6.C10H16O6.C7H9N3O.C2H8N2/c1-2-25-14(23)11(12(21)18-7-6-16)13(22)19-9-4-3-5-10(8-9)20-15(17)24;1-3-23-13(20)11(14(21)24-4-2)12(19)17-9-6-5-7-10(8-9)18-15(16)22;1-4-14-8(11)7(9(12)15-5-2)10(13)16-6-3;8-5-2-1-3-6(4-5)10-7(9)11;3-1-2-4/h3-5,8,11H,2,6-7,16H2,1H3,(H,18,21)(H,19,22)(H3,17,20,24);5-8,11H,3-4H2,1-2H3,(H,17,19)(H3,16,18,22);7H,4-6H2,1-3H3;1-4H,8H2,(H3,9,10,11);1-4H2. The molecule has 0 fully saturated rings. The van der Waals surface area contributed by atoms with Gasteiger partial charge in [-0.05, 0) is 96.1 Å². The highest BCUT2D eigenvalue weighted by molar-refractivity contribution is 6.20. The summed E-state index contributed by atoms with van der Waals surface area (Å²) in [6.45, 7) is 11.1. The first-order chi connectivity index (χ1) is 37.9. The van der Waals surface area contributed by atoms with Crippen LogP contribution in [0.2, 0.25) is 0 Å². The van der Waals surface area contributed by atoms with E-state index in [4.69, 9.17) is 54.3 Å². The smallest absolute Gasteiger partial charge is 0.331 e. The van der Waals surface area contributed by atoms with E-state index in [0.717, 1.165) is 0 Å². The Kier molecular flexibility index (Phi) is 38.5. The first kappa shape index (κ1) is 72.5. The Morgan fingerprint density at radius 3 is 0.938 bits per heavy atom. The van der Waals surface area contributed by atoms with Gasteiger partial charge in [-0.2, -0.15) is 0 Å². The van der Waals surface area contributed by atoms with Gasteiger partial charge < -0.3 is 100 Å². The monoisotopic (exact) mass is 1130 g/mol. The number of carbonyl (C=O) groups excluding carboxylic acids is 12. The zero-order valence-electron chi connectivity index (χ0n) is 45.1. The van der Waals surface area contributed by atoms with Crippen molar-refractivity contribution in [2.24, 2.45) is 52.2 Å². The topological polar surface area (TPSA) is 515 Å². The summed E-state index contributed by atoms with van der Waals surface area (Å²) < 4.78 is 28.0. The van der Waals surface area contributed by atoms with Crippen molar-refractivity contribution in [2.45, 2.75) is 41.5 Å². The molecule has 80 heavy (non-hydrogen) atoms. The van der Waals surface area contributed by atoms with E-state index in [1.807, 2.05) is 0 Å². The molecule has 3 rings (SSSR count). The molecule has 1 unspecified atom stereocenters. The van der Waals surface area contributed by atoms with Crippen LogP contribution in [-0.4, -0.2) is 137 Å². The maximum Gasteiger partial charge on any atom is 0.331 e. The van der Waals surface area contributed by atoms with E-state index >= 15 is 0 Å². The molecule has 9 amide bonds. The minimum atomic E-state index is -1.74. The van der Waals surface area contributed by atoms with Crippen molar-refractivity contribution in [1.82, 2.24) is 5.32 Å². The number of urea groups is 3. The van der Waals surface area contributed by atoms with Crippen LogP contribution in [0.25, 0.3) is 0 Å². The van der Waals surface area contributed by atoms with Crippen molar-refractivity contribution in [3.63, 3.8) is 0 Å². The lowest BCUT2D eigenvalue weighted by molar-refractivity contribution is -0.172. The van der Waals surface area contributed by atoms with E-state index in [9.17, 15) is 57.5 Å². The molecule has 0 heterocycles. The highest BCUT2D eigenvalue weighted by Gasteiger charge is 2.39. The lowest BCUT2D eigenvalue weighted by Crippen LogP contribution is -2.44. The lowest BCUT2D eigenvalue weighted by atomic mass is 10.1. The fourth-order valence-electron chi connectivity index (χ4n) is 5.40. The van der Waals surface area contributed by atoms with Crippen LogP contribution < -0.4 is 72.0 Å². The maximum absolute atomic E-state index is 12.4. The first-order valence-corrected chi connectivity index (χ1v) is 24.2. The maximum atomic E-state index is 12.4. The van der Waals surface area contributed by atoms with Crippen molar-refractivity contribution in [3.8, 4) is 0 Å². The molecular formula is C49H73N13O18. The number of nitrogen functional groups attached to an aromatic ring is 1. The summed E-state index contributed by atoms with van der Waals surface area (Å²) in [4.78, 5) is 138. The van der Waals surface area contributed by atoms with Crippen molar-refractivity contribution in [3.05, 3.63) is 72.8 Å². The van der Waals surface area contributed by atoms with Gasteiger partial charge in [-0.1, -0.05) is 18.2 Å². The van der Waals surface area contributed by atoms with Crippen LogP contribution in [0, 0.1) is 17.8 Å². The van der Waals surface area contributed by atoms with E-state index in [1.54, 1.807) is 90.1 Å². The molecule has 1 atom stereocenters. The van der Waals surface area contributed by atoms with E-state index in [0.29, 0.717) is 35.8 Å². The molecule has 442 valence electrons. The van der Waals surface area contributed by atoms with Crippen LogP contribution in [0.1, 0.15) is 41.5 Å². The Balaban J connectivity index is 0. The molecule has 0 saturated carbocycles. The molecule has 0 saturated heterocycles. The Morgan fingerprint density at radius 1 is 0.375 bits per heavy atom. The fraction of sp³-hybridized carbons (Fsp3) is 0.388. The number of hydrogen-bond acceptors (Lipinski definition) is 22. The number of nitrogens with two attached hydrogens (primary N) is 7. The summed E-state index contributed by atoms with van der Waals surface area (Å²) in [6.07, 6.45) is 0. The van der Waals surface area contributed by atoms with Gasteiger partial charge in [0.05, 0.1) is 39.6 Å². The molecule has 0 bridgehead atoms. The van der Waals surface area contributed by atoms with Crippen LogP contribution in [0.4, 0.5) is 48.5 Å². The number of nitrogens with one attached hydrogen (secondary N) is 6. The zero-order chi connectivity index (χ0) is 61.2. The molecular weight excluding hydrogens is 1060 g/mol. The van der Waals surface area contributed by atoms with Crippen LogP contribution >= 0.6 is 0 Å². The van der Waals surface area contributed by atoms with Crippen LogP contribution in [0.5, 0.6) is 0 Å². The first-order valence-electron chi connectivity index (χ1n) is 24.2. The van der Waals surface area contributed by atoms with Gasteiger partial charge in [0.25, 0.3) is 5.92 Å². The average Bonchev–Trinajstić information content (AvgIpc) is 3.36. The minimum Gasteiger partial charge on any atom is -0.465 e. The number of carbonyl (C=O) groups is 12. The van der Waals surface area contributed by atoms with E-state index in [2.05, 4.69) is 46.1 Å². The SMILES string of the molecule is CCOC(=O)C(C(=O)NCCN)C(=O)Nc1cccc(NC(N)=O)c1.CCOC(=O)C(C(=O)Nc1cccc(NC(N)=O)c1)C(=O)OCC.CCOC(=O)C(C(=O)OCC)C(=O)OCC.NC(=O)Nc1cccc(N)c1.NCCN. The number of ether oxygens (including phenoxy) is 6. The number of amides is 9. The Hall–Kier alpha value is -9.62. The Bertz CT molecular complexity index is 2440. The number of anilines is 6. The fourth-order valence-corrected chi connectivity index (χ4v) is 5.40. The minimum absolute atomic E-state index is 0.0139. The summed E-state index contributed by atoms with van der Waals surface area (Å²) in [7, 11) is 0. The molecule has 20 N–H and O–H groups in total. The summed E-state index contributed by atoms with van der Waals surface area (Å²) in [5.74, 6) is -13.4. The molecule has 0 aliphatic heterocycles. The summed E-state index contributed by atoms with van der Waals surface area (Å²) in [5.41, 5.74) is 37.8. The second-order valence-electron chi connectivity index (χ2n) is 14.7. The number of rotatable bonds is 23. The van der Waals surface area contributed by atoms with E-state index in [1.165, 1.54) is 24.3 Å². The molecule has 3 aromatic carbocycles. The second kappa shape index (κ2) is 42.5. The van der Waals surface area contributed by atoms with Gasteiger partial charge in [0, 0.05) is 60.3 Å². The summed E-state index contributed by atoms with van der Waals surface area (Å²) >= 11 is 0. The van der Waals surface area contributed by atoms with Gasteiger partial charge in [-0.3, -0.25) is 43.2 Å². The Labute approximate surface area is 460 Å². The molecule has 0 aromatic heterocycles. The van der Waals surface area contributed by atoms with Crippen molar-refractivity contribution in [1.29, 1.82) is 0 Å². The van der Waals surface area contributed by atoms with Gasteiger partial charge in [0.1, 0.15) is 0 Å².